The molecule has 0 aliphatic carbocycles. The quantitative estimate of drug-likeness (QED) is 0.831. The zero-order chi connectivity index (χ0) is 14.4. The molecule has 2 rings (SSSR count). The normalized spacial score (nSPS) is 16.9. The number of carbonyl (C=O) groups excluding carboxylic acids is 1. The van der Waals surface area contributed by atoms with Crippen molar-refractivity contribution in [1.82, 2.24) is 15.2 Å². The van der Waals surface area contributed by atoms with E-state index in [2.05, 4.69) is 27.4 Å². The van der Waals surface area contributed by atoms with E-state index in [0.717, 1.165) is 25.3 Å². The summed E-state index contributed by atoms with van der Waals surface area (Å²) in [5.41, 5.74) is 1.40. The van der Waals surface area contributed by atoms with E-state index in [0.29, 0.717) is 18.3 Å². The number of hydrogen-bond acceptors (Lipinski definition) is 4. The number of anilines is 1. The summed E-state index contributed by atoms with van der Waals surface area (Å²) < 4.78 is 0. The van der Waals surface area contributed by atoms with Gasteiger partial charge in [0.25, 0.3) is 5.91 Å². The monoisotopic (exact) mass is 276 g/mol. The number of amides is 1. The summed E-state index contributed by atoms with van der Waals surface area (Å²) in [6.07, 6.45) is 4.20. The van der Waals surface area contributed by atoms with E-state index in [1.54, 1.807) is 12.3 Å². The van der Waals surface area contributed by atoms with Gasteiger partial charge in [0.05, 0.1) is 0 Å². The molecule has 1 aromatic rings. The van der Waals surface area contributed by atoms with Crippen molar-refractivity contribution in [3.05, 3.63) is 24.0 Å². The van der Waals surface area contributed by atoms with E-state index in [9.17, 15) is 4.79 Å². The molecule has 1 saturated heterocycles. The minimum absolute atomic E-state index is 0.101. The summed E-state index contributed by atoms with van der Waals surface area (Å²) in [4.78, 5) is 18.7. The Morgan fingerprint density at radius 1 is 1.45 bits per heavy atom. The molecule has 1 aliphatic rings. The zero-order valence-electron chi connectivity index (χ0n) is 12.4. The van der Waals surface area contributed by atoms with Gasteiger partial charge in [0.2, 0.25) is 0 Å². The van der Waals surface area contributed by atoms with Crippen LogP contribution in [0.4, 0.5) is 5.69 Å². The first kappa shape index (κ1) is 14.8. The van der Waals surface area contributed by atoms with Gasteiger partial charge in [-0.2, -0.15) is 0 Å². The van der Waals surface area contributed by atoms with E-state index >= 15 is 0 Å². The highest BCUT2D eigenvalue weighted by molar-refractivity contribution is 5.93. The maximum absolute atomic E-state index is 12.1. The van der Waals surface area contributed by atoms with Crippen LogP contribution in [0, 0.1) is 0 Å². The van der Waals surface area contributed by atoms with Crippen LogP contribution in [0.1, 0.15) is 37.2 Å². The van der Waals surface area contributed by atoms with Crippen LogP contribution in [-0.4, -0.2) is 48.0 Å². The number of hydrogen-bond donors (Lipinski definition) is 2. The number of likely N-dealkylation sites (tertiary alicyclic amines) is 1. The lowest BCUT2D eigenvalue weighted by Crippen LogP contribution is -2.40. The van der Waals surface area contributed by atoms with Gasteiger partial charge in [-0.05, 0) is 51.9 Å². The fraction of sp³-hybridized carbons (Fsp3) is 0.600. The lowest BCUT2D eigenvalue weighted by atomic mass is 10.2. The van der Waals surface area contributed by atoms with Gasteiger partial charge in [0, 0.05) is 31.0 Å². The van der Waals surface area contributed by atoms with Crippen molar-refractivity contribution in [2.75, 3.05) is 31.5 Å². The molecule has 2 N–H and O–H groups in total. The molecule has 1 atom stereocenters. The van der Waals surface area contributed by atoms with Crippen LogP contribution >= 0.6 is 0 Å². The standard InChI is InChI=1S/C15H24N4O/c1-3-16-13-6-7-17-14(10-13)15(20)18-11-12(2)19-8-4-5-9-19/h6-7,10,12H,3-5,8-9,11H2,1-2H3,(H,16,17)(H,18,20). The molecule has 0 bridgehead atoms. The molecule has 1 fully saturated rings. The Hall–Kier alpha value is -1.62. The number of aromatic nitrogens is 1. The van der Waals surface area contributed by atoms with Crippen molar-refractivity contribution in [3.8, 4) is 0 Å². The van der Waals surface area contributed by atoms with Crippen LogP contribution in [0.2, 0.25) is 0 Å². The Labute approximate surface area is 120 Å². The molecule has 1 unspecified atom stereocenters. The highest BCUT2D eigenvalue weighted by Crippen LogP contribution is 2.11. The molecule has 20 heavy (non-hydrogen) atoms. The molecule has 1 amide bonds. The Morgan fingerprint density at radius 3 is 2.90 bits per heavy atom. The highest BCUT2D eigenvalue weighted by atomic mass is 16.1. The molecule has 0 saturated carbocycles. The van der Waals surface area contributed by atoms with E-state index < -0.39 is 0 Å². The van der Waals surface area contributed by atoms with Crippen LogP contribution in [0.5, 0.6) is 0 Å². The van der Waals surface area contributed by atoms with Crippen molar-refractivity contribution in [1.29, 1.82) is 0 Å². The first-order chi connectivity index (χ1) is 9.70. The lowest BCUT2D eigenvalue weighted by Gasteiger charge is -2.23. The second-order valence-corrected chi connectivity index (χ2v) is 5.26. The topological polar surface area (TPSA) is 57.3 Å². The summed E-state index contributed by atoms with van der Waals surface area (Å²) in [5.74, 6) is -0.101. The van der Waals surface area contributed by atoms with Gasteiger partial charge in [-0.1, -0.05) is 0 Å². The average Bonchev–Trinajstić information content (AvgIpc) is 2.99. The average molecular weight is 276 g/mol. The summed E-state index contributed by atoms with van der Waals surface area (Å²) in [6.45, 7) is 7.98. The molecule has 5 nitrogen and oxygen atoms in total. The summed E-state index contributed by atoms with van der Waals surface area (Å²) in [6, 6.07) is 4.05. The predicted octanol–water partition coefficient (Wildman–Crippen LogP) is 1.73. The molecule has 0 radical (unpaired) electrons. The number of pyridine rings is 1. The van der Waals surface area contributed by atoms with E-state index in [4.69, 9.17) is 0 Å². The molecule has 1 aromatic heterocycles. The summed E-state index contributed by atoms with van der Waals surface area (Å²) in [7, 11) is 0. The minimum Gasteiger partial charge on any atom is -0.385 e. The maximum Gasteiger partial charge on any atom is 0.270 e. The molecule has 1 aliphatic heterocycles. The molecule has 110 valence electrons. The fourth-order valence-electron chi connectivity index (χ4n) is 2.51. The number of rotatable bonds is 6. The van der Waals surface area contributed by atoms with Crippen LogP contribution < -0.4 is 10.6 Å². The van der Waals surface area contributed by atoms with Gasteiger partial charge in [-0.3, -0.25) is 14.7 Å². The van der Waals surface area contributed by atoms with Crippen LogP contribution in [-0.2, 0) is 0 Å². The fourth-order valence-corrected chi connectivity index (χ4v) is 2.51. The molecule has 0 aromatic carbocycles. The van der Waals surface area contributed by atoms with Gasteiger partial charge >= 0.3 is 0 Å². The van der Waals surface area contributed by atoms with Gasteiger partial charge in [-0.15, -0.1) is 0 Å². The second kappa shape index (κ2) is 7.24. The Bertz CT molecular complexity index is 443. The van der Waals surface area contributed by atoms with Gasteiger partial charge < -0.3 is 10.6 Å². The van der Waals surface area contributed by atoms with Gasteiger partial charge in [0.15, 0.2) is 0 Å². The number of carbonyl (C=O) groups is 1. The summed E-state index contributed by atoms with van der Waals surface area (Å²) in [5, 5.41) is 6.16. The van der Waals surface area contributed by atoms with E-state index in [1.807, 2.05) is 13.0 Å². The zero-order valence-corrected chi connectivity index (χ0v) is 12.4. The highest BCUT2D eigenvalue weighted by Gasteiger charge is 2.18. The molecular formula is C15H24N4O. The SMILES string of the molecule is CCNc1ccnc(C(=O)NCC(C)N2CCCC2)c1. The van der Waals surface area contributed by atoms with Crippen molar-refractivity contribution >= 4 is 11.6 Å². The maximum atomic E-state index is 12.1. The first-order valence-electron chi connectivity index (χ1n) is 7.43. The van der Waals surface area contributed by atoms with Crippen molar-refractivity contribution < 1.29 is 4.79 Å². The minimum atomic E-state index is -0.101. The molecular weight excluding hydrogens is 252 g/mol. The first-order valence-corrected chi connectivity index (χ1v) is 7.43. The molecule has 0 spiro atoms. The van der Waals surface area contributed by atoms with Crippen LogP contribution in [0.15, 0.2) is 18.3 Å². The molecule has 5 heteroatoms. The third kappa shape index (κ3) is 3.93. The van der Waals surface area contributed by atoms with Crippen molar-refractivity contribution in [2.45, 2.75) is 32.7 Å². The smallest absolute Gasteiger partial charge is 0.270 e. The van der Waals surface area contributed by atoms with Crippen molar-refractivity contribution in [3.63, 3.8) is 0 Å². The largest absolute Gasteiger partial charge is 0.385 e. The predicted molar refractivity (Wildman–Crippen MR) is 81.0 cm³/mol. The Kier molecular flexibility index (Phi) is 5.35. The van der Waals surface area contributed by atoms with Crippen LogP contribution in [0.3, 0.4) is 0 Å². The number of nitrogens with zero attached hydrogens (tertiary/aromatic N) is 2. The lowest BCUT2D eigenvalue weighted by molar-refractivity contribution is 0.0935. The van der Waals surface area contributed by atoms with E-state index in [-0.39, 0.29) is 5.91 Å². The second-order valence-electron chi connectivity index (χ2n) is 5.26. The Balaban J connectivity index is 1.86. The third-order valence-electron chi connectivity index (χ3n) is 3.70. The van der Waals surface area contributed by atoms with Crippen LogP contribution in [0.25, 0.3) is 0 Å². The third-order valence-corrected chi connectivity index (χ3v) is 3.70. The Morgan fingerprint density at radius 2 is 2.20 bits per heavy atom. The number of nitrogens with one attached hydrogen (secondary N) is 2. The summed E-state index contributed by atoms with van der Waals surface area (Å²) >= 11 is 0. The molecule has 2 heterocycles. The van der Waals surface area contributed by atoms with Crippen molar-refractivity contribution in [2.24, 2.45) is 0 Å². The van der Waals surface area contributed by atoms with E-state index in [1.165, 1.54) is 12.8 Å². The van der Waals surface area contributed by atoms with Gasteiger partial charge in [-0.25, -0.2) is 0 Å². The van der Waals surface area contributed by atoms with Gasteiger partial charge in [0.1, 0.15) is 5.69 Å².